The van der Waals surface area contributed by atoms with E-state index in [1.165, 1.54) is 6.20 Å². The lowest BCUT2D eigenvalue weighted by atomic mass is 10.1. The van der Waals surface area contributed by atoms with Gasteiger partial charge in [0.2, 0.25) is 10.0 Å². The summed E-state index contributed by atoms with van der Waals surface area (Å²) in [7, 11) is 2.35. The predicted octanol–water partition coefficient (Wildman–Crippen LogP) is 0.849. The smallest absolute Gasteiger partial charge is 0.244 e. The molecule has 0 spiro atoms. The van der Waals surface area contributed by atoms with Gasteiger partial charge in [-0.2, -0.15) is 9.40 Å². The number of aromatic nitrogens is 3. The Hall–Kier alpha value is -1.51. The molecule has 1 saturated heterocycles. The molecule has 23 heavy (non-hydrogen) atoms. The molecule has 0 bridgehead atoms. The molecule has 7 nitrogen and oxygen atoms in total. The molecule has 2 aromatic heterocycles. The Morgan fingerprint density at radius 2 is 2.13 bits per heavy atom. The first-order valence-corrected chi connectivity index (χ1v) is 9.17. The highest BCUT2D eigenvalue weighted by Crippen LogP contribution is 2.26. The van der Waals surface area contributed by atoms with Gasteiger partial charge in [-0.1, -0.05) is 0 Å². The van der Waals surface area contributed by atoms with E-state index in [1.54, 1.807) is 15.1 Å². The fourth-order valence-corrected chi connectivity index (χ4v) is 4.76. The van der Waals surface area contributed by atoms with Gasteiger partial charge in [0.1, 0.15) is 4.90 Å². The van der Waals surface area contributed by atoms with E-state index < -0.39 is 10.0 Å². The molecular formula is C15H23N5O2S. The van der Waals surface area contributed by atoms with Crippen LogP contribution < -0.4 is 0 Å². The van der Waals surface area contributed by atoms with Crippen LogP contribution in [0.5, 0.6) is 0 Å². The van der Waals surface area contributed by atoms with Crippen LogP contribution in [0.25, 0.3) is 11.0 Å². The van der Waals surface area contributed by atoms with E-state index in [9.17, 15) is 8.42 Å². The topological polar surface area (TPSA) is 71.3 Å². The van der Waals surface area contributed by atoms with Crippen molar-refractivity contribution in [2.45, 2.75) is 18.2 Å². The van der Waals surface area contributed by atoms with E-state index in [-0.39, 0.29) is 4.90 Å². The lowest BCUT2D eigenvalue weighted by Crippen LogP contribution is -2.31. The quantitative estimate of drug-likeness (QED) is 0.827. The van der Waals surface area contributed by atoms with Crippen LogP contribution in [-0.4, -0.2) is 66.1 Å². The highest BCUT2D eigenvalue weighted by molar-refractivity contribution is 7.89. The molecule has 1 fully saturated rings. The molecule has 0 aromatic carbocycles. The van der Waals surface area contributed by atoms with Crippen LogP contribution in [0.1, 0.15) is 12.1 Å². The third-order valence-corrected chi connectivity index (χ3v) is 6.18. The van der Waals surface area contributed by atoms with E-state index in [2.05, 4.69) is 15.0 Å². The largest absolute Gasteiger partial charge is 0.309 e. The zero-order valence-corrected chi connectivity index (χ0v) is 14.8. The minimum atomic E-state index is -3.49. The van der Waals surface area contributed by atoms with Crippen LogP contribution in [0.4, 0.5) is 0 Å². The first-order valence-electron chi connectivity index (χ1n) is 7.73. The van der Waals surface area contributed by atoms with Crippen molar-refractivity contribution in [3.8, 4) is 0 Å². The second-order valence-corrected chi connectivity index (χ2v) is 8.47. The SMILES string of the molecule is Cc1nn(C)c2ncc(S(=O)(=O)N3CC[C@@H](CN(C)C)C3)cc12. The summed E-state index contributed by atoms with van der Waals surface area (Å²) in [6.45, 7) is 3.92. The maximum Gasteiger partial charge on any atom is 0.244 e. The van der Waals surface area contributed by atoms with E-state index in [0.29, 0.717) is 24.7 Å². The van der Waals surface area contributed by atoms with Crippen LogP contribution in [-0.2, 0) is 17.1 Å². The molecule has 0 amide bonds. The summed E-state index contributed by atoms with van der Waals surface area (Å²) in [6, 6.07) is 1.69. The maximum absolute atomic E-state index is 12.9. The highest BCUT2D eigenvalue weighted by Gasteiger charge is 2.33. The summed E-state index contributed by atoms with van der Waals surface area (Å²) in [5.41, 5.74) is 1.49. The summed E-state index contributed by atoms with van der Waals surface area (Å²) in [4.78, 5) is 6.65. The van der Waals surface area contributed by atoms with Crippen LogP contribution in [0, 0.1) is 12.8 Å². The molecule has 3 rings (SSSR count). The van der Waals surface area contributed by atoms with Gasteiger partial charge in [0.25, 0.3) is 0 Å². The van der Waals surface area contributed by atoms with Crippen molar-refractivity contribution in [2.75, 3.05) is 33.7 Å². The Morgan fingerprint density at radius 1 is 1.39 bits per heavy atom. The standard InChI is InChI=1S/C15H23N5O2S/c1-11-14-7-13(8-16-15(14)19(4)17-11)23(21,22)20-6-5-12(10-20)9-18(2)3/h7-8,12H,5-6,9-10H2,1-4H3/t12-/m0/s1. The molecule has 1 atom stereocenters. The third-order valence-electron chi connectivity index (χ3n) is 4.35. The number of rotatable bonds is 4. The van der Waals surface area contributed by atoms with E-state index in [4.69, 9.17) is 0 Å². The lowest BCUT2D eigenvalue weighted by molar-refractivity contribution is 0.329. The first-order chi connectivity index (χ1) is 10.8. The molecule has 1 aliphatic heterocycles. The molecule has 0 unspecified atom stereocenters. The molecule has 8 heteroatoms. The minimum absolute atomic E-state index is 0.256. The Balaban J connectivity index is 1.90. The Labute approximate surface area is 136 Å². The van der Waals surface area contributed by atoms with Gasteiger partial charge in [0, 0.05) is 38.3 Å². The van der Waals surface area contributed by atoms with E-state index in [1.807, 2.05) is 28.1 Å². The molecular weight excluding hydrogens is 314 g/mol. The zero-order valence-electron chi connectivity index (χ0n) is 14.0. The summed E-state index contributed by atoms with van der Waals surface area (Å²) < 4.78 is 29.0. The van der Waals surface area contributed by atoms with Crippen LogP contribution in [0.2, 0.25) is 0 Å². The molecule has 0 aliphatic carbocycles. The molecule has 0 saturated carbocycles. The van der Waals surface area contributed by atoms with Gasteiger partial charge in [-0.05, 0) is 39.4 Å². The van der Waals surface area contributed by atoms with Gasteiger partial charge in [0.15, 0.2) is 5.65 Å². The molecule has 126 valence electrons. The highest BCUT2D eigenvalue weighted by atomic mass is 32.2. The fourth-order valence-electron chi connectivity index (χ4n) is 3.26. The van der Waals surface area contributed by atoms with Crippen molar-refractivity contribution in [3.63, 3.8) is 0 Å². The predicted molar refractivity (Wildman–Crippen MR) is 88.7 cm³/mol. The average Bonchev–Trinajstić information content (AvgIpc) is 3.04. The summed E-state index contributed by atoms with van der Waals surface area (Å²) >= 11 is 0. The molecule has 0 N–H and O–H groups in total. The molecule has 3 heterocycles. The second-order valence-electron chi connectivity index (χ2n) is 6.53. The number of hydrogen-bond donors (Lipinski definition) is 0. The number of pyridine rings is 1. The summed E-state index contributed by atoms with van der Waals surface area (Å²) in [5.74, 6) is 0.386. The first kappa shape index (κ1) is 16.4. The van der Waals surface area contributed by atoms with Gasteiger partial charge in [0.05, 0.1) is 5.69 Å². The monoisotopic (exact) mass is 337 g/mol. The lowest BCUT2D eigenvalue weighted by Gasteiger charge is -2.18. The number of fused-ring (bicyclic) bond motifs is 1. The maximum atomic E-state index is 12.9. The average molecular weight is 337 g/mol. The van der Waals surface area contributed by atoms with Crippen molar-refractivity contribution in [3.05, 3.63) is 18.0 Å². The van der Waals surface area contributed by atoms with Crippen molar-refractivity contribution in [1.29, 1.82) is 0 Å². The fraction of sp³-hybridized carbons (Fsp3) is 0.600. The second kappa shape index (κ2) is 5.85. The molecule has 2 aromatic rings. The van der Waals surface area contributed by atoms with E-state index in [0.717, 1.165) is 24.0 Å². The Kier molecular flexibility index (Phi) is 4.16. The van der Waals surface area contributed by atoms with Crippen molar-refractivity contribution in [2.24, 2.45) is 13.0 Å². The normalized spacial score (nSPS) is 20.0. The Bertz CT molecular complexity index is 828. The van der Waals surface area contributed by atoms with Crippen LogP contribution >= 0.6 is 0 Å². The van der Waals surface area contributed by atoms with Gasteiger partial charge in [-0.25, -0.2) is 13.4 Å². The summed E-state index contributed by atoms with van der Waals surface area (Å²) in [6.07, 6.45) is 2.34. The van der Waals surface area contributed by atoms with E-state index >= 15 is 0 Å². The third kappa shape index (κ3) is 2.98. The minimum Gasteiger partial charge on any atom is -0.309 e. The van der Waals surface area contributed by atoms with Crippen molar-refractivity contribution >= 4 is 21.1 Å². The van der Waals surface area contributed by atoms with Crippen LogP contribution in [0.3, 0.4) is 0 Å². The van der Waals surface area contributed by atoms with Gasteiger partial charge < -0.3 is 4.90 Å². The molecule has 0 radical (unpaired) electrons. The van der Waals surface area contributed by atoms with Gasteiger partial charge in [-0.3, -0.25) is 4.68 Å². The van der Waals surface area contributed by atoms with Crippen molar-refractivity contribution in [1.82, 2.24) is 24.0 Å². The Morgan fingerprint density at radius 3 is 2.83 bits per heavy atom. The van der Waals surface area contributed by atoms with Gasteiger partial charge >= 0.3 is 0 Å². The zero-order chi connectivity index (χ0) is 16.8. The number of hydrogen-bond acceptors (Lipinski definition) is 5. The number of nitrogens with zero attached hydrogens (tertiary/aromatic N) is 5. The molecule has 1 aliphatic rings. The van der Waals surface area contributed by atoms with Crippen LogP contribution in [0.15, 0.2) is 17.2 Å². The van der Waals surface area contributed by atoms with Gasteiger partial charge in [-0.15, -0.1) is 0 Å². The summed E-state index contributed by atoms with van der Waals surface area (Å²) in [5, 5.41) is 5.09. The van der Waals surface area contributed by atoms with Crippen molar-refractivity contribution < 1.29 is 8.42 Å². The number of aryl methyl sites for hydroxylation is 2. The number of sulfonamides is 1.